The molecule has 0 aliphatic carbocycles. The minimum absolute atomic E-state index is 0.00502. The Labute approximate surface area is 95.7 Å². The maximum Gasteiger partial charge on any atom is 0.303 e. The van der Waals surface area contributed by atoms with Gasteiger partial charge < -0.3 is 9.52 Å². The number of rotatable bonds is 4. The van der Waals surface area contributed by atoms with E-state index in [2.05, 4.69) is 10.2 Å². The van der Waals surface area contributed by atoms with Crippen LogP contribution in [0.4, 0.5) is 0 Å². The lowest BCUT2D eigenvalue weighted by molar-refractivity contribution is -0.137. The Balaban J connectivity index is 2.14. The van der Waals surface area contributed by atoms with Crippen molar-refractivity contribution in [2.75, 3.05) is 0 Å². The summed E-state index contributed by atoms with van der Waals surface area (Å²) in [5.74, 6) is -0.0369. The van der Waals surface area contributed by atoms with Crippen molar-refractivity contribution in [1.29, 1.82) is 0 Å². The van der Waals surface area contributed by atoms with Crippen LogP contribution in [0.2, 0.25) is 0 Å². The van der Waals surface area contributed by atoms with E-state index in [1.165, 1.54) is 11.3 Å². The van der Waals surface area contributed by atoms with Gasteiger partial charge in [-0.25, -0.2) is 0 Å². The topological polar surface area (TPSA) is 76.2 Å². The van der Waals surface area contributed by atoms with Crippen LogP contribution in [0.5, 0.6) is 0 Å². The van der Waals surface area contributed by atoms with E-state index in [-0.39, 0.29) is 12.8 Å². The van der Waals surface area contributed by atoms with Crippen LogP contribution in [0.1, 0.15) is 17.9 Å². The summed E-state index contributed by atoms with van der Waals surface area (Å²) in [4.78, 5) is 11.3. The van der Waals surface area contributed by atoms with Crippen LogP contribution < -0.4 is 0 Å². The molecule has 0 aromatic carbocycles. The fraction of sp³-hybridized carbons (Fsp3) is 0.300. The number of thiophene rings is 1. The first-order chi connectivity index (χ1) is 7.66. The van der Waals surface area contributed by atoms with Crippen molar-refractivity contribution in [3.05, 3.63) is 22.9 Å². The summed E-state index contributed by atoms with van der Waals surface area (Å²) < 4.78 is 5.38. The zero-order chi connectivity index (χ0) is 11.5. The molecule has 84 valence electrons. The molecule has 0 spiro atoms. The molecule has 1 N–H and O–H groups in total. The molecule has 0 unspecified atom stereocenters. The lowest BCUT2D eigenvalue weighted by Gasteiger charge is -1.91. The first kappa shape index (κ1) is 10.8. The van der Waals surface area contributed by atoms with Gasteiger partial charge in [-0.15, -0.1) is 21.5 Å². The van der Waals surface area contributed by atoms with Crippen molar-refractivity contribution in [1.82, 2.24) is 10.2 Å². The highest BCUT2D eigenvalue weighted by Crippen LogP contribution is 2.27. The first-order valence-corrected chi connectivity index (χ1v) is 5.63. The van der Waals surface area contributed by atoms with Gasteiger partial charge in [-0.3, -0.25) is 4.79 Å². The Morgan fingerprint density at radius 3 is 3.00 bits per heavy atom. The second kappa shape index (κ2) is 4.44. The number of carboxylic acids is 1. The molecule has 2 aromatic rings. The molecule has 0 bridgehead atoms. The molecule has 6 heteroatoms. The van der Waals surface area contributed by atoms with Crippen LogP contribution in [0.15, 0.2) is 15.9 Å². The molecule has 0 radical (unpaired) electrons. The van der Waals surface area contributed by atoms with Gasteiger partial charge in [-0.2, -0.15) is 0 Å². The Morgan fingerprint density at radius 1 is 1.56 bits per heavy atom. The Hall–Kier alpha value is -1.69. The van der Waals surface area contributed by atoms with Crippen LogP contribution >= 0.6 is 11.3 Å². The van der Waals surface area contributed by atoms with E-state index >= 15 is 0 Å². The first-order valence-electron chi connectivity index (χ1n) is 4.75. The van der Waals surface area contributed by atoms with E-state index in [9.17, 15) is 4.79 Å². The van der Waals surface area contributed by atoms with E-state index in [1.807, 2.05) is 18.4 Å². The number of carbonyl (C=O) groups is 1. The third kappa shape index (κ3) is 2.27. The number of aryl methyl sites for hydroxylation is 2. The highest BCUT2D eigenvalue weighted by molar-refractivity contribution is 7.13. The number of aliphatic carboxylic acids is 1. The van der Waals surface area contributed by atoms with Crippen molar-refractivity contribution in [2.24, 2.45) is 0 Å². The molecule has 0 fully saturated rings. The van der Waals surface area contributed by atoms with Gasteiger partial charge in [-0.05, 0) is 23.9 Å². The maximum atomic E-state index is 10.4. The number of hydrogen-bond donors (Lipinski definition) is 1. The number of aromatic nitrogens is 2. The Bertz CT molecular complexity index is 504. The minimum Gasteiger partial charge on any atom is -0.481 e. The molecule has 0 saturated carbocycles. The molecule has 0 aliphatic rings. The van der Waals surface area contributed by atoms with Gasteiger partial charge in [0.25, 0.3) is 5.89 Å². The molecule has 0 saturated heterocycles. The lowest BCUT2D eigenvalue weighted by atomic mass is 10.3. The van der Waals surface area contributed by atoms with E-state index < -0.39 is 5.97 Å². The zero-order valence-electron chi connectivity index (χ0n) is 8.64. The van der Waals surface area contributed by atoms with Crippen molar-refractivity contribution in [3.8, 4) is 10.8 Å². The Morgan fingerprint density at radius 2 is 2.38 bits per heavy atom. The van der Waals surface area contributed by atoms with E-state index in [0.717, 1.165) is 10.4 Å². The predicted molar refractivity (Wildman–Crippen MR) is 58.3 cm³/mol. The van der Waals surface area contributed by atoms with Gasteiger partial charge in [0.05, 0.1) is 11.3 Å². The summed E-state index contributed by atoms with van der Waals surface area (Å²) in [6.45, 7) is 1.97. The molecule has 2 rings (SSSR count). The summed E-state index contributed by atoms with van der Waals surface area (Å²) in [7, 11) is 0. The third-order valence-electron chi connectivity index (χ3n) is 2.08. The summed E-state index contributed by atoms with van der Waals surface area (Å²) in [5.41, 5.74) is 1.08. The fourth-order valence-electron chi connectivity index (χ4n) is 1.25. The van der Waals surface area contributed by atoms with Crippen molar-refractivity contribution in [2.45, 2.75) is 19.8 Å². The van der Waals surface area contributed by atoms with E-state index in [1.54, 1.807) is 0 Å². The second-order valence-corrected chi connectivity index (χ2v) is 4.24. The predicted octanol–water partition coefficient (Wildman–Crippen LogP) is 2.12. The van der Waals surface area contributed by atoms with Gasteiger partial charge in [0.2, 0.25) is 5.89 Å². The standard InChI is InChI=1S/C10H10N2O3S/c1-6-4-5-16-9(6)10-12-11-7(15-10)2-3-8(13)14/h4-5H,2-3H2,1H3,(H,13,14). The largest absolute Gasteiger partial charge is 0.481 e. The average Bonchev–Trinajstić information content (AvgIpc) is 2.83. The summed E-state index contributed by atoms with van der Waals surface area (Å²) in [5, 5.41) is 18.2. The lowest BCUT2D eigenvalue weighted by Crippen LogP contribution is -1.97. The highest BCUT2D eigenvalue weighted by atomic mass is 32.1. The highest BCUT2D eigenvalue weighted by Gasteiger charge is 2.12. The molecule has 2 aromatic heterocycles. The minimum atomic E-state index is -0.868. The number of carboxylic acid groups (broad SMARTS) is 1. The molecule has 16 heavy (non-hydrogen) atoms. The smallest absolute Gasteiger partial charge is 0.303 e. The molecule has 0 atom stereocenters. The average molecular weight is 238 g/mol. The summed E-state index contributed by atoms with van der Waals surface area (Å²) in [6, 6.07) is 1.97. The molecular formula is C10H10N2O3S. The fourth-order valence-corrected chi connectivity index (χ4v) is 2.10. The van der Waals surface area contributed by atoms with Gasteiger partial charge in [0.15, 0.2) is 0 Å². The molecule has 5 nitrogen and oxygen atoms in total. The molecular weight excluding hydrogens is 228 g/mol. The van der Waals surface area contributed by atoms with Gasteiger partial charge in [0, 0.05) is 6.42 Å². The zero-order valence-corrected chi connectivity index (χ0v) is 9.45. The monoisotopic (exact) mass is 238 g/mol. The quantitative estimate of drug-likeness (QED) is 0.882. The van der Waals surface area contributed by atoms with Crippen molar-refractivity contribution >= 4 is 17.3 Å². The van der Waals surface area contributed by atoms with E-state index in [4.69, 9.17) is 9.52 Å². The van der Waals surface area contributed by atoms with Gasteiger partial charge in [-0.1, -0.05) is 0 Å². The van der Waals surface area contributed by atoms with Crippen molar-refractivity contribution in [3.63, 3.8) is 0 Å². The van der Waals surface area contributed by atoms with Crippen LogP contribution in [0.3, 0.4) is 0 Å². The molecule has 0 amide bonds. The third-order valence-corrected chi connectivity index (χ3v) is 3.08. The van der Waals surface area contributed by atoms with Crippen LogP contribution in [-0.4, -0.2) is 21.3 Å². The van der Waals surface area contributed by atoms with Crippen LogP contribution in [0.25, 0.3) is 10.8 Å². The summed E-state index contributed by atoms with van der Waals surface area (Å²) in [6.07, 6.45) is 0.276. The molecule has 0 aliphatic heterocycles. The SMILES string of the molecule is Cc1ccsc1-c1nnc(CCC(=O)O)o1. The molecule has 2 heterocycles. The van der Waals surface area contributed by atoms with Crippen LogP contribution in [0, 0.1) is 6.92 Å². The maximum absolute atomic E-state index is 10.4. The summed E-state index contributed by atoms with van der Waals surface area (Å²) >= 11 is 1.53. The normalized spacial score (nSPS) is 10.6. The van der Waals surface area contributed by atoms with Crippen molar-refractivity contribution < 1.29 is 14.3 Å². The second-order valence-electron chi connectivity index (χ2n) is 3.33. The van der Waals surface area contributed by atoms with Gasteiger partial charge >= 0.3 is 5.97 Å². The Kier molecular flexibility index (Phi) is 3.00. The number of hydrogen-bond acceptors (Lipinski definition) is 5. The van der Waals surface area contributed by atoms with E-state index in [0.29, 0.717) is 11.8 Å². The van der Waals surface area contributed by atoms with Gasteiger partial charge in [0.1, 0.15) is 0 Å². The number of nitrogens with zero attached hydrogens (tertiary/aromatic N) is 2. The van der Waals surface area contributed by atoms with Crippen LogP contribution in [-0.2, 0) is 11.2 Å².